The Morgan fingerprint density at radius 1 is 1.57 bits per heavy atom. The summed E-state index contributed by atoms with van der Waals surface area (Å²) < 4.78 is 5.28. The van der Waals surface area contributed by atoms with Crippen molar-refractivity contribution in [3.05, 3.63) is 32.7 Å². The number of pyridine rings is 1. The van der Waals surface area contributed by atoms with E-state index in [9.17, 15) is 4.79 Å². The monoisotopic (exact) mass is 190 g/mol. The molecule has 0 bridgehead atoms. The average Bonchev–Trinajstić information content (AvgIpc) is 2.18. The van der Waals surface area contributed by atoms with Gasteiger partial charge in [0, 0.05) is 17.7 Å². The SMILES string of the molecule is Cc1c2c([nH]c(=O)c1C#N)CCOC2. The Labute approximate surface area is 81.1 Å². The van der Waals surface area contributed by atoms with Gasteiger partial charge in [0.25, 0.3) is 5.56 Å². The molecule has 72 valence electrons. The summed E-state index contributed by atoms with van der Waals surface area (Å²) in [5.41, 5.74) is 2.55. The molecule has 0 radical (unpaired) electrons. The van der Waals surface area contributed by atoms with Gasteiger partial charge in [-0.2, -0.15) is 5.26 Å². The summed E-state index contributed by atoms with van der Waals surface area (Å²) in [7, 11) is 0. The molecule has 0 aromatic carbocycles. The first-order valence-electron chi connectivity index (χ1n) is 4.46. The minimum absolute atomic E-state index is 0.203. The zero-order valence-electron chi connectivity index (χ0n) is 7.89. The van der Waals surface area contributed by atoms with Crippen molar-refractivity contribution in [1.29, 1.82) is 5.26 Å². The number of nitriles is 1. The van der Waals surface area contributed by atoms with E-state index in [1.54, 1.807) is 6.92 Å². The van der Waals surface area contributed by atoms with Crippen molar-refractivity contribution in [3.63, 3.8) is 0 Å². The molecule has 1 aromatic heterocycles. The maximum absolute atomic E-state index is 11.4. The van der Waals surface area contributed by atoms with Gasteiger partial charge in [0.05, 0.1) is 13.2 Å². The van der Waals surface area contributed by atoms with Crippen LogP contribution in [0.1, 0.15) is 22.4 Å². The van der Waals surface area contributed by atoms with Crippen LogP contribution in [0.25, 0.3) is 0 Å². The highest BCUT2D eigenvalue weighted by atomic mass is 16.5. The molecule has 0 aliphatic carbocycles. The molecule has 0 saturated heterocycles. The summed E-state index contributed by atoms with van der Waals surface area (Å²) in [5.74, 6) is 0. The maximum Gasteiger partial charge on any atom is 0.266 e. The minimum atomic E-state index is -0.286. The Kier molecular flexibility index (Phi) is 2.10. The van der Waals surface area contributed by atoms with Gasteiger partial charge in [-0.15, -0.1) is 0 Å². The van der Waals surface area contributed by atoms with Crippen LogP contribution in [0.2, 0.25) is 0 Å². The third-order valence-electron chi connectivity index (χ3n) is 2.54. The first kappa shape index (κ1) is 8.97. The molecule has 1 aromatic rings. The molecule has 0 saturated carbocycles. The number of hydrogen-bond acceptors (Lipinski definition) is 3. The Bertz CT molecular complexity index is 468. The van der Waals surface area contributed by atoms with Crippen molar-refractivity contribution in [2.75, 3.05) is 6.61 Å². The lowest BCUT2D eigenvalue weighted by Gasteiger charge is -2.18. The highest BCUT2D eigenvalue weighted by Gasteiger charge is 2.17. The molecule has 0 amide bonds. The molecule has 4 heteroatoms. The lowest BCUT2D eigenvalue weighted by Crippen LogP contribution is -2.22. The second-order valence-corrected chi connectivity index (χ2v) is 3.33. The van der Waals surface area contributed by atoms with Crippen LogP contribution in [0.4, 0.5) is 0 Å². The molecular formula is C10H10N2O2. The van der Waals surface area contributed by atoms with E-state index in [1.807, 2.05) is 6.07 Å². The van der Waals surface area contributed by atoms with Crippen molar-refractivity contribution in [1.82, 2.24) is 4.98 Å². The van der Waals surface area contributed by atoms with Gasteiger partial charge in [-0.3, -0.25) is 4.79 Å². The molecule has 2 heterocycles. The molecule has 0 spiro atoms. The van der Waals surface area contributed by atoms with Gasteiger partial charge in [-0.05, 0) is 12.5 Å². The van der Waals surface area contributed by atoms with Crippen LogP contribution in [0.15, 0.2) is 4.79 Å². The number of hydrogen-bond donors (Lipinski definition) is 1. The summed E-state index contributed by atoms with van der Waals surface area (Å²) in [5, 5.41) is 8.79. The Morgan fingerprint density at radius 2 is 2.36 bits per heavy atom. The summed E-state index contributed by atoms with van der Waals surface area (Å²) in [6.45, 7) is 2.92. The molecule has 0 unspecified atom stereocenters. The second kappa shape index (κ2) is 3.28. The van der Waals surface area contributed by atoms with E-state index >= 15 is 0 Å². The fraction of sp³-hybridized carbons (Fsp3) is 0.400. The smallest absolute Gasteiger partial charge is 0.266 e. The number of rotatable bonds is 0. The van der Waals surface area contributed by atoms with Crippen LogP contribution < -0.4 is 5.56 Å². The van der Waals surface area contributed by atoms with Crippen molar-refractivity contribution in [3.8, 4) is 6.07 Å². The molecule has 0 atom stereocenters. The number of nitrogens with one attached hydrogen (secondary N) is 1. The first-order chi connectivity index (χ1) is 6.74. The number of aromatic amines is 1. The molecule has 0 fully saturated rings. The molecule has 2 rings (SSSR count). The third kappa shape index (κ3) is 1.22. The van der Waals surface area contributed by atoms with Gasteiger partial charge in [0.2, 0.25) is 0 Å². The maximum atomic E-state index is 11.4. The van der Waals surface area contributed by atoms with E-state index in [1.165, 1.54) is 0 Å². The van der Waals surface area contributed by atoms with Crippen LogP contribution in [-0.4, -0.2) is 11.6 Å². The summed E-state index contributed by atoms with van der Waals surface area (Å²) in [6.07, 6.45) is 0.719. The quantitative estimate of drug-likeness (QED) is 0.652. The van der Waals surface area contributed by atoms with E-state index < -0.39 is 0 Å². The number of ether oxygens (including phenoxy) is 1. The van der Waals surface area contributed by atoms with E-state index in [0.717, 1.165) is 23.2 Å². The third-order valence-corrected chi connectivity index (χ3v) is 2.54. The molecule has 4 nitrogen and oxygen atoms in total. The van der Waals surface area contributed by atoms with Crippen molar-refractivity contribution in [2.45, 2.75) is 20.0 Å². The number of H-pyrrole nitrogens is 1. The zero-order valence-corrected chi connectivity index (χ0v) is 7.89. The first-order valence-corrected chi connectivity index (χ1v) is 4.46. The Hall–Kier alpha value is -1.60. The zero-order chi connectivity index (χ0) is 10.1. The number of nitrogens with zero attached hydrogens (tertiary/aromatic N) is 1. The van der Waals surface area contributed by atoms with E-state index in [4.69, 9.17) is 10.00 Å². The van der Waals surface area contributed by atoms with E-state index in [0.29, 0.717) is 13.2 Å². The van der Waals surface area contributed by atoms with Gasteiger partial charge < -0.3 is 9.72 Å². The fourth-order valence-electron chi connectivity index (χ4n) is 1.71. The molecule has 1 aliphatic heterocycles. The second-order valence-electron chi connectivity index (χ2n) is 3.33. The lowest BCUT2D eigenvalue weighted by molar-refractivity contribution is 0.108. The van der Waals surface area contributed by atoms with Gasteiger partial charge in [0.1, 0.15) is 11.6 Å². The predicted molar refractivity (Wildman–Crippen MR) is 49.9 cm³/mol. The van der Waals surface area contributed by atoms with Gasteiger partial charge in [-0.1, -0.05) is 0 Å². The standard InChI is InChI=1S/C10H10N2O2/c1-6-7(4-11)10(13)12-9-2-3-14-5-8(6)9/h2-3,5H2,1H3,(H,12,13). The van der Waals surface area contributed by atoms with Crippen LogP contribution >= 0.6 is 0 Å². The number of fused-ring (bicyclic) bond motifs is 1. The predicted octanol–water partition coefficient (Wildman–Crippen LogP) is 0.628. The van der Waals surface area contributed by atoms with E-state index in [2.05, 4.69) is 4.98 Å². The largest absolute Gasteiger partial charge is 0.376 e. The van der Waals surface area contributed by atoms with Crippen molar-refractivity contribution < 1.29 is 4.74 Å². The Morgan fingerprint density at radius 3 is 3.07 bits per heavy atom. The topological polar surface area (TPSA) is 65.9 Å². The highest BCUT2D eigenvalue weighted by molar-refractivity contribution is 5.42. The van der Waals surface area contributed by atoms with E-state index in [-0.39, 0.29) is 11.1 Å². The summed E-state index contributed by atoms with van der Waals surface area (Å²) >= 11 is 0. The lowest BCUT2D eigenvalue weighted by atomic mass is 10.0. The highest BCUT2D eigenvalue weighted by Crippen LogP contribution is 2.18. The minimum Gasteiger partial charge on any atom is -0.376 e. The molecule has 1 aliphatic rings. The Balaban J connectivity index is 2.71. The molecule has 14 heavy (non-hydrogen) atoms. The van der Waals surface area contributed by atoms with Crippen molar-refractivity contribution >= 4 is 0 Å². The fourth-order valence-corrected chi connectivity index (χ4v) is 1.71. The molecule has 1 N–H and O–H groups in total. The average molecular weight is 190 g/mol. The number of aromatic nitrogens is 1. The summed E-state index contributed by atoms with van der Waals surface area (Å²) in [6, 6.07) is 1.91. The van der Waals surface area contributed by atoms with Gasteiger partial charge in [-0.25, -0.2) is 0 Å². The molecular weight excluding hydrogens is 180 g/mol. The van der Waals surface area contributed by atoms with Crippen LogP contribution in [-0.2, 0) is 17.8 Å². The van der Waals surface area contributed by atoms with Gasteiger partial charge >= 0.3 is 0 Å². The normalized spacial score (nSPS) is 14.6. The van der Waals surface area contributed by atoms with Gasteiger partial charge in [0.15, 0.2) is 0 Å². The van der Waals surface area contributed by atoms with Crippen LogP contribution in [0, 0.1) is 18.3 Å². The van der Waals surface area contributed by atoms with Crippen molar-refractivity contribution in [2.24, 2.45) is 0 Å². The summed E-state index contributed by atoms with van der Waals surface area (Å²) in [4.78, 5) is 14.2. The van der Waals surface area contributed by atoms with Crippen LogP contribution in [0.5, 0.6) is 0 Å². The van der Waals surface area contributed by atoms with Crippen LogP contribution in [0.3, 0.4) is 0 Å².